The van der Waals surface area contributed by atoms with E-state index in [1.807, 2.05) is 5.32 Å². The van der Waals surface area contributed by atoms with Crippen molar-refractivity contribution < 1.29 is 67.3 Å². The predicted molar refractivity (Wildman–Crippen MR) is 119 cm³/mol. The number of ether oxygens (including phenoxy) is 1. The van der Waals surface area contributed by atoms with Crippen LogP contribution in [0.15, 0.2) is 36.4 Å². The molecular formula is C24H22F12N2O3. The van der Waals surface area contributed by atoms with Crippen LogP contribution in [0.2, 0.25) is 0 Å². The zero-order valence-corrected chi connectivity index (χ0v) is 21.0. The number of nitrogens with one attached hydrogen (secondary N) is 2. The van der Waals surface area contributed by atoms with Gasteiger partial charge in [-0.15, -0.1) is 0 Å². The minimum atomic E-state index is -5.89. The van der Waals surface area contributed by atoms with Gasteiger partial charge in [-0.25, -0.2) is 0 Å². The molecule has 0 saturated heterocycles. The monoisotopic (exact) mass is 614 g/mol. The maximum Gasteiger partial charge on any atom is 0.423 e. The Kier molecular flexibility index (Phi) is 9.91. The van der Waals surface area contributed by atoms with Gasteiger partial charge in [-0.3, -0.25) is 4.79 Å². The summed E-state index contributed by atoms with van der Waals surface area (Å²) in [5, 5.41) is 14.4. The summed E-state index contributed by atoms with van der Waals surface area (Å²) in [5.41, 5.74) is -13.2. The molecule has 0 aliphatic heterocycles. The number of rotatable bonds is 9. The molecule has 0 aromatic heterocycles. The second-order valence-electron chi connectivity index (χ2n) is 8.90. The van der Waals surface area contributed by atoms with E-state index in [1.54, 1.807) is 0 Å². The predicted octanol–water partition coefficient (Wildman–Crippen LogP) is 6.65. The maximum atomic E-state index is 13.9. The van der Waals surface area contributed by atoms with E-state index in [2.05, 4.69) is 5.32 Å². The molecule has 0 aliphatic rings. The van der Waals surface area contributed by atoms with Crippen LogP contribution in [0.5, 0.6) is 0 Å². The fourth-order valence-corrected chi connectivity index (χ4v) is 3.50. The van der Waals surface area contributed by atoms with Gasteiger partial charge in [-0.1, -0.05) is 6.07 Å². The van der Waals surface area contributed by atoms with Crippen molar-refractivity contribution in [2.45, 2.75) is 56.3 Å². The summed E-state index contributed by atoms with van der Waals surface area (Å²) in [4.78, 5) is 11.9. The van der Waals surface area contributed by atoms with Gasteiger partial charge < -0.3 is 20.5 Å². The molecule has 1 amide bonds. The molecule has 2 aromatic rings. The van der Waals surface area contributed by atoms with Crippen LogP contribution >= 0.6 is 0 Å². The Hall–Kier alpha value is -3.21. The lowest BCUT2D eigenvalue weighted by Crippen LogP contribution is -2.48. The second-order valence-corrected chi connectivity index (χ2v) is 8.90. The fourth-order valence-electron chi connectivity index (χ4n) is 3.50. The van der Waals surface area contributed by atoms with E-state index in [-0.39, 0.29) is 18.6 Å². The molecule has 2 atom stereocenters. The van der Waals surface area contributed by atoms with Crippen LogP contribution in [0.25, 0.3) is 0 Å². The van der Waals surface area contributed by atoms with E-state index in [0.717, 1.165) is 12.1 Å². The number of carbonyl (C=O) groups is 1. The van der Waals surface area contributed by atoms with Gasteiger partial charge >= 0.3 is 24.7 Å². The molecule has 5 nitrogen and oxygen atoms in total. The number of carbonyl (C=O) groups excluding carboxylic acids is 1. The summed E-state index contributed by atoms with van der Waals surface area (Å²) < 4.78 is 167. The van der Waals surface area contributed by atoms with E-state index in [9.17, 15) is 62.6 Å². The van der Waals surface area contributed by atoms with Crippen molar-refractivity contribution in [2.24, 2.45) is 0 Å². The van der Waals surface area contributed by atoms with Crippen molar-refractivity contribution in [2.75, 3.05) is 19.0 Å². The minimum Gasteiger partial charge on any atom is -0.381 e. The minimum absolute atomic E-state index is 0.195. The van der Waals surface area contributed by atoms with Crippen LogP contribution in [0.4, 0.5) is 58.4 Å². The Morgan fingerprint density at radius 1 is 0.829 bits per heavy atom. The lowest BCUT2D eigenvalue weighted by atomic mass is 9.89. The second kappa shape index (κ2) is 12.0. The fraction of sp³-hybridized carbons (Fsp3) is 0.458. The molecule has 0 aliphatic carbocycles. The molecule has 2 rings (SSSR count). The van der Waals surface area contributed by atoms with Gasteiger partial charge in [-0.05, 0) is 48.4 Å². The van der Waals surface area contributed by atoms with Gasteiger partial charge in [0, 0.05) is 19.3 Å². The van der Waals surface area contributed by atoms with Crippen molar-refractivity contribution in [3.63, 3.8) is 0 Å². The standard InChI is InChI=1S/C24H22F12N2O3/c1-12(41-2)5-19(39)37-10-13-3-4-17(9-18(13)23(31,32)33)38-11-20(40,24(34,35)36)14-6-15(21(25,26)27)8-16(7-14)22(28,29)30/h3-4,6-9,12,38,40H,5,10-11H2,1-2H3,(H,37,39)/t12-,20-/m1/s1. The van der Waals surface area contributed by atoms with Gasteiger partial charge in [-0.2, -0.15) is 52.7 Å². The average Bonchev–Trinajstić information content (AvgIpc) is 2.83. The van der Waals surface area contributed by atoms with Gasteiger partial charge in [0.2, 0.25) is 11.5 Å². The highest BCUT2D eigenvalue weighted by molar-refractivity contribution is 5.76. The SMILES string of the molecule is CO[C@H](C)CC(=O)NCc1ccc(NC[C@@](O)(c2cc(C(F)(F)F)cc(C(F)(F)F)c2)C(F)(F)F)cc1C(F)(F)F. The summed E-state index contributed by atoms with van der Waals surface area (Å²) in [6.45, 7) is -0.995. The van der Waals surface area contributed by atoms with Crippen molar-refractivity contribution >= 4 is 11.6 Å². The van der Waals surface area contributed by atoms with Gasteiger partial charge in [0.1, 0.15) is 0 Å². The summed E-state index contributed by atoms with van der Waals surface area (Å²) in [5.74, 6) is -0.677. The first-order valence-corrected chi connectivity index (χ1v) is 11.3. The third-order valence-electron chi connectivity index (χ3n) is 5.85. The highest BCUT2D eigenvalue weighted by atomic mass is 19.4. The van der Waals surface area contributed by atoms with Crippen molar-refractivity contribution in [3.05, 3.63) is 64.2 Å². The van der Waals surface area contributed by atoms with E-state index in [0.29, 0.717) is 6.07 Å². The van der Waals surface area contributed by atoms with Gasteiger partial charge in [0.05, 0.1) is 35.8 Å². The zero-order valence-electron chi connectivity index (χ0n) is 21.0. The molecular weight excluding hydrogens is 592 g/mol. The van der Waals surface area contributed by atoms with Crippen LogP contribution in [0.1, 0.15) is 41.2 Å². The molecule has 0 unspecified atom stereocenters. The first-order chi connectivity index (χ1) is 18.5. The quantitative estimate of drug-likeness (QED) is 0.277. The highest BCUT2D eigenvalue weighted by Gasteiger charge is 2.56. The molecule has 0 radical (unpaired) electrons. The number of hydrogen-bond donors (Lipinski definition) is 3. The van der Waals surface area contributed by atoms with Gasteiger partial charge in [0.25, 0.3) is 0 Å². The molecule has 0 saturated carbocycles. The normalized spacial score (nSPS) is 15.3. The molecule has 0 bridgehead atoms. The number of anilines is 1. The summed E-state index contributed by atoms with van der Waals surface area (Å²) in [6, 6.07) is 0.798. The number of hydrogen-bond acceptors (Lipinski definition) is 4. The first-order valence-electron chi connectivity index (χ1n) is 11.3. The van der Waals surface area contributed by atoms with Crippen molar-refractivity contribution in [1.82, 2.24) is 5.32 Å². The first kappa shape index (κ1) is 34.0. The van der Waals surface area contributed by atoms with E-state index >= 15 is 0 Å². The van der Waals surface area contributed by atoms with E-state index < -0.39 is 95.0 Å². The summed E-state index contributed by atoms with van der Waals surface area (Å²) in [7, 11) is 1.30. The molecule has 230 valence electrons. The van der Waals surface area contributed by atoms with Crippen LogP contribution in [0.3, 0.4) is 0 Å². The van der Waals surface area contributed by atoms with Crippen LogP contribution in [-0.2, 0) is 40.2 Å². The molecule has 0 fully saturated rings. The number of methoxy groups -OCH3 is 1. The molecule has 17 heteroatoms. The molecule has 0 heterocycles. The zero-order chi connectivity index (χ0) is 31.6. The highest BCUT2D eigenvalue weighted by Crippen LogP contribution is 2.44. The Morgan fingerprint density at radius 2 is 1.34 bits per heavy atom. The van der Waals surface area contributed by atoms with Crippen LogP contribution in [-0.4, -0.2) is 36.9 Å². The summed E-state index contributed by atoms with van der Waals surface area (Å²) >= 11 is 0. The van der Waals surface area contributed by atoms with Crippen LogP contribution in [0, 0.1) is 0 Å². The third kappa shape index (κ3) is 8.64. The molecule has 41 heavy (non-hydrogen) atoms. The molecule has 3 N–H and O–H groups in total. The Bertz CT molecular complexity index is 1190. The molecule has 2 aromatic carbocycles. The number of benzene rings is 2. The number of alkyl halides is 12. The lowest BCUT2D eigenvalue weighted by Gasteiger charge is -2.32. The van der Waals surface area contributed by atoms with E-state index in [4.69, 9.17) is 4.74 Å². The van der Waals surface area contributed by atoms with Crippen molar-refractivity contribution in [3.8, 4) is 0 Å². The topological polar surface area (TPSA) is 70.6 Å². The third-order valence-corrected chi connectivity index (χ3v) is 5.85. The Morgan fingerprint density at radius 3 is 1.78 bits per heavy atom. The largest absolute Gasteiger partial charge is 0.423 e. The number of aliphatic hydroxyl groups is 1. The number of halogens is 12. The Labute approximate surface area is 224 Å². The maximum absolute atomic E-state index is 13.9. The molecule has 0 spiro atoms. The smallest absolute Gasteiger partial charge is 0.381 e. The number of amides is 1. The lowest BCUT2D eigenvalue weighted by molar-refractivity contribution is -0.261. The van der Waals surface area contributed by atoms with Gasteiger partial charge in [0.15, 0.2) is 0 Å². The van der Waals surface area contributed by atoms with Crippen molar-refractivity contribution in [1.29, 1.82) is 0 Å². The van der Waals surface area contributed by atoms with Crippen LogP contribution < -0.4 is 10.6 Å². The van der Waals surface area contributed by atoms with E-state index in [1.165, 1.54) is 14.0 Å². The Balaban J connectivity index is 2.46. The summed E-state index contributed by atoms with van der Waals surface area (Å²) in [6.07, 6.45) is -22.8. The average molecular weight is 614 g/mol.